The molecule has 4 rings (SSSR count). The lowest BCUT2D eigenvalue weighted by atomic mass is 10.1. The Morgan fingerprint density at radius 1 is 1.12 bits per heavy atom. The maximum absolute atomic E-state index is 13.0. The molecule has 0 unspecified atom stereocenters. The van der Waals surface area contributed by atoms with E-state index in [2.05, 4.69) is 31.3 Å². The summed E-state index contributed by atoms with van der Waals surface area (Å²) in [6.07, 6.45) is -0.401. The molecule has 10 heteroatoms. The molecule has 1 amide bonds. The van der Waals surface area contributed by atoms with Gasteiger partial charge in [0.15, 0.2) is 0 Å². The van der Waals surface area contributed by atoms with Gasteiger partial charge in [0.1, 0.15) is 0 Å². The van der Waals surface area contributed by atoms with Crippen molar-refractivity contribution in [2.45, 2.75) is 58.7 Å². The van der Waals surface area contributed by atoms with Crippen molar-refractivity contribution in [3.05, 3.63) is 52.6 Å². The number of piperidine rings is 1. The molecule has 0 saturated carbocycles. The lowest BCUT2D eigenvalue weighted by molar-refractivity contribution is -0.144. The quantitative estimate of drug-likeness (QED) is 0.593. The van der Waals surface area contributed by atoms with Crippen molar-refractivity contribution in [3.8, 4) is 0 Å². The molecule has 33 heavy (non-hydrogen) atoms. The van der Waals surface area contributed by atoms with Crippen LogP contribution in [0, 0.1) is 13.8 Å². The third-order valence-electron chi connectivity index (χ3n) is 5.97. The standard InChI is InChI=1S/C23H27F3N6O/c1-15-19(16(2)32-22(27-15)29-21(30-32)23(24,25)26)9-10-20(33)28-18-8-6-7-17(13-18)14-31-11-4-3-5-12-31/h6-8,13H,3-5,9-12,14H2,1-2H3,(H,28,33). The molecule has 0 bridgehead atoms. The number of benzene rings is 1. The number of nitrogens with one attached hydrogen (secondary N) is 1. The monoisotopic (exact) mass is 460 g/mol. The van der Waals surface area contributed by atoms with Gasteiger partial charge in [-0.2, -0.15) is 18.2 Å². The van der Waals surface area contributed by atoms with Crippen LogP contribution in [0.25, 0.3) is 5.78 Å². The van der Waals surface area contributed by atoms with Gasteiger partial charge in [-0.1, -0.05) is 18.6 Å². The number of aromatic nitrogens is 4. The molecule has 0 radical (unpaired) electrons. The SMILES string of the molecule is Cc1nc2nc(C(F)(F)F)nn2c(C)c1CCC(=O)Nc1cccc(CN2CCCCC2)c1. The Morgan fingerprint density at radius 3 is 2.61 bits per heavy atom. The smallest absolute Gasteiger partial charge is 0.326 e. The van der Waals surface area contributed by atoms with Gasteiger partial charge < -0.3 is 5.32 Å². The van der Waals surface area contributed by atoms with Crippen LogP contribution in [0.2, 0.25) is 0 Å². The number of aryl methyl sites for hydroxylation is 2. The van der Waals surface area contributed by atoms with Crippen molar-refractivity contribution >= 4 is 17.4 Å². The number of rotatable bonds is 6. The number of likely N-dealkylation sites (tertiary alicyclic amines) is 1. The molecule has 1 saturated heterocycles. The number of hydrogen-bond acceptors (Lipinski definition) is 5. The molecular formula is C23H27F3N6O. The van der Waals surface area contributed by atoms with E-state index in [9.17, 15) is 18.0 Å². The molecule has 3 heterocycles. The molecule has 7 nitrogen and oxygen atoms in total. The molecule has 0 atom stereocenters. The van der Waals surface area contributed by atoms with E-state index in [1.165, 1.54) is 19.3 Å². The molecule has 1 aliphatic rings. The summed E-state index contributed by atoms with van der Waals surface area (Å²) in [5.74, 6) is -1.49. The summed E-state index contributed by atoms with van der Waals surface area (Å²) in [4.78, 5) is 22.6. The van der Waals surface area contributed by atoms with Gasteiger partial charge in [0.05, 0.1) is 0 Å². The lowest BCUT2D eigenvalue weighted by Gasteiger charge is -2.26. The van der Waals surface area contributed by atoms with Crippen LogP contribution in [0.1, 0.15) is 54.0 Å². The summed E-state index contributed by atoms with van der Waals surface area (Å²) in [6, 6.07) is 7.84. The van der Waals surface area contributed by atoms with Crippen molar-refractivity contribution in [3.63, 3.8) is 0 Å². The van der Waals surface area contributed by atoms with E-state index >= 15 is 0 Å². The summed E-state index contributed by atoms with van der Waals surface area (Å²) in [7, 11) is 0. The average molecular weight is 461 g/mol. The highest BCUT2D eigenvalue weighted by Crippen LogP contribution is 2.27. The highest BCUT2D eigenvalue weighted by atomic mass is 19.4. The number of fused-ring (bicyclic) bond motifs is 1. The zero-order valence-electron chi connectivity index (χ0n) is 18.7. The number of carbonyl (C=O) groups excluding carboxylic acids is 1. The Morgan fingerprint density at radius 2 is 1.88 bits per heavy atom. The van der Waals surface area contributed by atoms with Gasteiger partial charge in [-0.3, -0.25) is 9.69 Å². The topological polar surface area (TPSA) is 75.4 Å². The lowest BCUT2D eigenvalue weighted by Crippen LogP contribution is -2.29. The minimum absolute atomic E-state index is 0.101. The van der Waals surface area contributed by atoms with Crippen molar-refractivity contribution in [2.24, 2.45) is 0 Å². The van der Waals surface area contributed by atoms with Gasteiger partial charge in [-0.05, 0) is 69.5 Å². The second kappa shape index (κ2) is 9.46. The fraction of sp³-hybridized carbons (Fsp3) is 0.478. The van der Waals surface area contributed by atoms with Crippen LogP contribution in [0.4, 0.5) is 18.9 Å². The first-order valence-electron chi connectivity index (χ1n) is 11.1. The number of anilines is 1. The number of carbonyl (C=O) groups is 1. The molecule has 0 spiro atoms. The molecular weight excluding hydrogens is 433 g/mol. The van der Waals surface area contributed by atoms with E-state index < -0.39 is 12.0 Å². The molecule has 1 fully saturated rings. The zero-order valence-corrected chi connectivity index (χ0v) is 18.7. The fourth-order valence-corrected chi connectivity index (χ4v) is 4.28. The van der Waals surface area contributed by atoms with Crippen molar-refractivity contribution in [1.82, 2.24) is 24.5 Å². The summed E-state index contributed by atoms with van der Waals surface area (Å²) in [5.41, 5.74) is 3.62. The summed E-state index contributed by atoms with van der Waals surface area (Å²) >= 11 is 0. The Bertz CT molecular complexity index is 1150. The second-order valence-corrected chi connectivity index (χ2v) is 8.49. The van der Waals surface area contributed by atoms with Crippen molar-refractivity contribution in [2.75, 3.05) is 18.4 Å². The first-order chi connectivity index (χ1) is 15.7. The van der Waals surface area contributed by atoms with Crippen LogP contribution >= 0.6 is 0 Å². The van der Waals surface area contributed by atoms with Crippen molar-refractivity contribution in [1.29, 1.82) is 0 Å². The van der Waals surface area contributed by atoms with Gasteiger partial charge in [-0.15, -0.1) is 5.10 Å². The summed E-state index contributed by atoms with van der Waals surface area (Å²) in [5, 5.41) is 6.48. The first kappa shape index (κ1) is 23.2. The average Bonchev–Trinajstić information content (AvgIpc) is 3.19. The molecule has 176 valence electrons. The predicted molar refractivity (Wildman–Crippen MR) is 118 cm³/mol. The van der Waals surface area contributed by atoms with Crippen LogP contribution in [0.3, 0.4) is 0 Å². The second-order valence-electron chi connectivity index (χ2n) is 8.49. The minimum Gasteiger partial charge on any atom is -0.326 e. The van der Waals surface area contributed by atoms with E-state index in [1.807, 2.05) is 18.2 Å². The third kappa shape index (κ3) is 5.50. The van der Waals surface area contributed by atoms with Crippen LogP contribution in [0.5, 0.6) is 0 Å². The van der Waals surface area contributed by atoms with Crippen LogP contribution in [0.15, 0.2) is 24.3 Å². The van der Waals surface area contributed by atoms with Crippen LogP contribution < -0.4 is 5.32 Å². The molecule has 1 aliphatic heterocycles. The maximum Gasteiger partial charge on any atom is 0.453 e. The molecule has 1 N–H and O–H groups in total. The Labute approximate surface area is 190 Å². The van der Waals surface area contributed by atoms with Crippen molar-refractivity contribution < 1.29 is 18.0 Å². The van der Waals surface area contributed by atoms with E-state index in [0.717, 1.165) is 35.4 Å². The van der Waals surface area contributed by atoms with E-state index in [1.54, 1.807) is 13.8 Å². The fourth-order valence-electron chi connectivity index (χ4n) is 4.28. The number of amides is 1. The van der Waals surface area contributed by atoms with Gasteiger partial charge in [0, 0.05) is 30.0 Å². The number of alkyl halides is 3. The first-order valence-corrected chi connectivity index (χ1v) is 11.1. The number of hydrogen-bond donors (Lipinski definition) is 1. The Kier molecular flexibility index (Phi) is 6.64. The van der Waals surface area contributed by atoms with Gasteiger partial charge in [0.2, 0.25) is 5.91 Å². The van der Waals surface area contributed by atoms with Crippen LogP contribution in [-0.4, -0.2) is 43.5 Å². The summed E-state index contributed by atoms with van der Waals surface area (Å²) < 4.78 is 40.0. The molecule has 0 aliphatic carbocycles. The molecule has 2 aromatic heterocycles. The highest BCUT2D eigenvalue weighted by molar-refractivity contribution is 5.90. The van der Waals surface area contributed by atoms with Crippen LogP contribution in [-0.2, 0) is 23.9 Å². The van der Waals surface area contributed by atoms with E-state index in [0.29, 0.717) is 23.4 Å². The largest absolute Gasteiger partial charge is 0.453 e. The predicted octanol–water partition coefficient (Wildman–Crippen LogP) is 4.32. The normalized spacial score (nSPS) is 15.2. The number of nitrogens with zero attached hydrogens (tertiary/aromatic N) is 5. The van der Waals surface area contributed by atoms with Gasteiger partial charge in [0.25, 0.3) is 11.6 Å². The molecule has 3 aromatic rings. The zero-order chi connectivity index (χ0) is 23.6. The molecule has 1 aromatic carbocycles. The third-order valence-corrected chi connectivity index (χ3v) is 5.97. The maximum atomic E-state index is 13.0. The minimum atomic E-state index is -4.64. The summed E-state index contributed by atoms with van der Waals surface area (Å²) in [6.45, 7) is 6.43. The Hall–Kier alpha value is -3.01. The number of halogens is 3. The highest BCUT2D eigenvalue weighted by Gasteiger charge is 2.37. The van der Waals surface area contributed by atoms with E-state index in [-0.39, 0.29) is 18.1 Å². The van der Waals surface area contributed by atoms with Gasteiger partial charge in [-0.25, -0.2) is 9.50 Å². The van der Waals surface area contributed by atoms with Gasteiger partial charge >= 0.3 is 6.18 Å². The Balaban J connectivity index is 1.41. The van der Waals surface area contributed by atoms with E-state index in [4.69, 9.17) is 0 Å².